The first-order chi connectivity index (χ1) is 8.50. The van der Waals surface area contributed by atoms with Crippen molar-refractivity contribution in [3.8, 4) is 0 Å². The summed E-state index contributed by atoms with van der Waals surface area (Å²) >= 11 is 3.11. The van der Waals surface area contributed by atoms with Gasteiger partial charge in [0.2, 0.25) is 0 Å². The Bertz CT molecular complexity index is 436. The summed E-state index contributed by atoms with van der Waals surface area (Å²) in [5.74, 6) is -0.349. The van der Waals surface area contributed by atoms with E-state index in [0.717, 1.165) is 13.0 Å². The van der Waals surface area contributed by atoms with E-state index in [1.807, 2.05) is 0 Å². The maximum atomic E-state index is 13.9. The number of hydrogen-bond donors (Lipinski definition) is 0. The third-order valence-electron chi connectivity index (χ3n) is 4.00. The Kier molecular flexibility index (Phi) is 4.38. The molecule has 1 aromatic rings. The molecule has 0 radical (unpaired) electrons. The second-order valence-corrected chi connectivity index (χ2v) is 6.01. The van der Waals surface area contributed by atoms with E-state index in [1.54, 1.807) is 0 Å². The number of hydrogen-bond acceptors (Lipinski definition) is 1. The maximum absolute atomic E-state index is 13.9. The predicted octanol–water partition coefficient (Wildman–Crippen LogP) is 4.35. The van der Waals surface area contributed by atoms with Crippen molar-refractivity contribution in [1.82, 2.24) is 4.90 Å². The van der Waals surface area contributed by atoms with Crippen LogP contribution in [0.1, 0.15) is 32.3 Å². The lowest BCUT2D eigenvalue weighted by molar-refractivity contribution is 0.104. The second kappa shape index (κ2) is 5.66. The summed E-state index contributed by atoms with van der Waals surface area (Å²) in [7, 11) is 0. The zero-order chi connectivity index (χ0) is 13.3. The minimum Gasteiger partial charge on any atom is -0.296 e. The zero-order valence-corrected chi connectivity index (χ0v) is 12.3. The third-order valence-corrected chi connectivity index (χ3v) is 4.62. The summed E-state index contributed by atoms with van der Waals surface area (Å²) < 4.78 is 28.0. The van der Waals surface area contributed by atoms with E-state index in [2.05, 4.69) is 34.7 Å². The van der Waals surface area contributed by atoms with Gasteiger partial charge in [-0.3, -0.25) is 4.90 Å². The molecule has 0 aliphatic carbocycles. The van der Waals surface area contributed by atoms with Crippen LogP contribution >= 0.6 is 15.9 Å². The van der Waals surface area contributed by atoms with Crippen LogP contribution in [0.15, 0.2) is 16.6 Å². The fraction of sp³-hybridized carbons (Fsp3) is 0.571. The number of rotatable bonds is 2. The van der Waals surface area contributed by atoms with Crippen molar-refractivity contribution in [1.29, 1.82) is 0 Å². The highest BCUT2D eigenvalue weighted by atomic mass is 79.9. The molecule has 0 N–H and O–H groups in total. The van der Waals surface area contributed by atoms with E-state index in [9.17, 15) is 8.78 Å². The van der Waals surface area contributed by atoms with Crippen LogP contribution in [0, 0.1) is 17.6 Å². The topological polar surface area (TPSA) is 3.24 Å². The van der Waals surface area contributed by atoms with Gasteiger partial charge in [-0.2, -0.15) is 0 Å². The lowest BCUT2D eigenvalue weighted by Gasteiger charge is -2.38. The van der Waals surface area contributed by atoms with Crippen LogP contribution in [0.4, 0.5) is 8.78 Å². The van der Waals surface area contributed by atoms with Crippen molar-refractivity contribution < 1.29 is 8.78 Å². The minimum atomic E-state index is -0.472. The molecule has 1 aliphatic heterocycles. The van der Waals surface area contributed by atoms with E-state index in [1.165, 1.54) is 18.6 Å². The number of piperidine rings is 1. The molecule has 1 heterocycles. The number of likely N-dealkylation sites (tertiary alicyclic amines) is 1. The van der Waals surface area contributed by atoms with Gasteiger partial charge in [0, 0.05) is 18.2 Å². The molecule has 2 atom stereocenters. The summed E-state index contributed by atoms with van der Waals surface area (Å²) in [5.41, 5.74) is 0.172. The molecular weight excluding hydrogens is 300 g/mol. The molecule has 1 nitrogen and oxygen atoms in total. The van der Waals surface area contributed by atoms with Gasteiger partial charge in [-0.15, -0.1) is 0 Å². The van der Waals surface area contributed by atoms with Crippen molar-refractivity contribution in [2.75, 3.05) is 6.54 Å². The average Bonchev–Trinajstić information content (AvgIpc) is 2.35. The Balaban J connectivity index is 2.21. The molecule has 0 aromatic heterocycles. The van der Waals surface area contributed by atoms with Gasteiger partial charge < -0.3 is 0 Å². The van der Waals surface area contributed by atoms with Gasteiger partial charge in [0.25, 0.3) is 0 Å². The van der Waals surface area contributed by atoms with Gasteiger partial charge in [0.05, 0.1) is 4.47 Å². The molecule has 1 saturated heterocycles. The normalized spacial score (nSPS) is 25.4. The highest BCUT2D eigenvalue weighted by Gasteiger charge is 2.26. The standard InChI is InChI=1S/C14H18BrF2N/c1-9-4-3-7-18(10(9)2)8-11-13(16)6-5-12(15)14(11)17/h5-6,9-10H,3-4,7-8H2,1-2H3. The molecule has 100 valence electrons. The lowest BCUT2D eigenvalue weighted by Crippen LogP contribution is -2.42. The van der Waals surface area contributed by atoms with Crippen molar-refractivity contribution >= 4 is 15.9 Å². The molecule has 1 aliphatic rings. The Hall–Kier alpha value is -0.480. The van der Waals surface area contributed by atoms with Gasteiger partial charge in [0.15, 0.2) is 0 Å². The smallest absolute Gasteiger partial charge is 0.144 e. The van der Waals surface area contributed by atoms with Crippen LogP contribution in [0.25, 0.3) is 0 Å². The van der Waals surface area contributed by atoms with Crippen LogP contribution in [-0.2, 0) is 6.54 Å². The first kappa shape index (κ1) is 13.9. The average molecular weight is 318 g/mol. The Morgan fingerprint density at radius 2 is 2.06 bits per heavy atom. The summed E-state index contributed by atoms with van der Waals surface area (Å²) in [4.78, 5) is 2.17. The summed E-state index contributed by atoms with van der Waals surface area (Å²) in [6, 6.07) is 3.10. The molecule has 1 aromatic carbocycles. The largest absolute Gasteiger partial charge is 0.296 e. The molecular formula is C14H18BrF2N. The van der Waals surface area contributed by atoms with Crippen molar-refractivity contribution in [3.05, 3.63) is 33.8 Å². The first-order valence-electron chi connectivity index (χ1n) is 6.37. The maximum Gasteiger partial charge on any atom is 0.144 e. The summed E-state index contributed by atoms with van der Waals surface area (Å²) in [5, 5.41) is 0. The molecule has 0 bridgehead atoms. The fourth-order valence-electron chi connectivity index (χ4n) is 2.56. The number of benzene rings is 1. The number of nitrogens with zero attached hydrogens (tertiary/aromatic N) is 1. The highest BCUT2D eigenvalue weighted by molar-refractivity contribution is 9.10. The van der Waals surface area contributed by atoms with Gasteiger partial charge in [-0.05, 0) is 60.3 Å². The van der Waals surface area contributed by atoms with Crippen LogP contribution < -0.4 is 0 Å². The summed E-state index contributed by atoms with van der Waals surface area (Å²) in [6.07, 6.45) is 2.30. The zero-order valence-electron chi connectivity index (χ0n) is 10.7. The molecule has 2 rings (SSSR count). The van der Waals surface area contributed by atoms with Gasteiger partial charge in [-0.25, -0.2) is 8.78 Å². The molecule has 1 fully saturated rings. The van der Waals surface area contributed by atoms with Gasteiger partial charge in [-0.1, -0.05) is 6.92 Å². The van der Waals surface area contributed by atoms with E-state index in [0.29, 0.717) is 23.0 Å². The molecule has 0 spiro atoms. The predicted molar refractivity (Wildman–Crippen MR) is 72.3 cm³/mol. The fourth-order valence-corrected chi connectivity index (χ4v) is 2.93. The van der Waals surface area contributed by atoms with E-state index >= 15 is 0 Å². The highest BCUT2D eigenvalue weighted by Crippen LogP contribution is 2.28. The number of halogens is 3. The first-order valence-corrected chi connectivity index (χ1v) is 7.16. The van der Waals surface area contributed by atoms with E-state index in [-0.39, 0.29) is 5.56 Å². The summed E-state index contributed by atoms with van der Waals surface area (Å²) in [6.45, 7) is 5.60. The molecule has 2 unspecified atom stereocenters. The molecule has 4 heteroatoms. The minimum absolute atomic E-state index is 0.172. The van der Waals surface area contributed by atoms with Gasteiger partial charge >= 0.3 is 0 Å². The van der Waals surface area contributed by atoms with Crippen LogP contribution in [0.5, 0.6) is 0 Å². The van der Waals surface area contributed by atoms with Crippen molar-refractivity contribution in [3.63, 3.8) is 0 Å². The molecule has 0 saturated carbocycles. The Morgan fingerprint density at radius 1 is 1.33 bits per heavy atom. The SMILES string of the molecule is CC1CCCN(Cc2c(F)ccc(Br)c2F)C1C. The lowest BCUT2D eigenvalue weighted by atomic mass is 9.91. The van der Waals surface area contributed by atoms with Crippen LogP contribution in [0.3, 0.4) is 0 Å². The van der Waals surface area contributed by atoms with E-state index in [4.69, 9.17) is 0 Å². The van der Waals surface area contributed by atoms with Crippen LogP contribution in [0.2, 0.25) is 0 Å². The molecule has 18 heavy (non-hydrogen) atoms. The third kappa shape index (κ3) is 2.75. The second-order valence-electron chi connectivity index (χ2n) is 5.15. The van der Waals surface area contributed by atoms with E-state index < -0.39 is 11.6 Å². The Labute approximate surface area is 115 Å². The monoisotopic (exact) mass is 317 g/mol. The van der Waals surface area contributed by atoms with Gasteiger partial charge in [0.1, 0.15) is 11.6 Å². The van der Waals surface area contributed by atoms with Crippen LogP contribution in [-0.4, -0.2) is 17.5 Å². The quantitative estimate of drug-likeness (QED) is 0.733. The Morgan fingerprint density at radius 3 is 2.78 bits per heavy atom. The molecule has 0 amide bonds. The van der Waals surface area contributed by atoms with Crippen molar-refractivity contribution in [2.24, 2.45) is 5.92 Å². The van der Waals surface area contributed by atoms with Crippen molar-refractivity contribution in [2.45, 2.75) is 39.3 Å².